The molecule has 2 rings (SSSR count). The minimum atomic E-state index is -0.484. The number of carbonyl (C=O) groups is 1. The summed E-state index contributed by atoms with van der Waals surface area (Å²) >= 11 is 1.53. The lowest BCUT2D eigenvalue weighted by atomic mass is 10.2. The number of hydrogen-bond donors (Lipinski definition) is 2. The van der Waals surface area contributed by atoms with Crippen molar-refractivity contribution in [2.45, 2.75) is 6.54 Å². The van der Waals surface area contributed by atoms with Crippen molar-refractivity contribution in [2.75, 3.05) is 6.54 Å². The Morgan fingerprint density at radius 3 is 2.85 bits per heavy atom. The van der Waals surface area contributed by atoms with E-state index in [2.05, 4.69) is 17.2 Å². The molecule has 3 N–H and O–H groups in total. The van der Waals surface area contributed by atoms with Crippen LogP contribution in [0.5, 0.6) is 5.75 Å². The van der Waals surface area contributed by atoms with Crippen molar-refractivity contribution in [3.8, 4) is 17.6 Å². The summed E-state index contributed by atoms with van der Waals surface area (Å²) in [6.45, 7) is 0.705. The lowest BCUT2D eigenvalue weighted by Crippen LogP contribution is -2.26. The SMILES string of the molecule is NCC#Cc1ccsc1CNC(=O)Oc1ccccc1. The van der Waals surface area contributed by atoms with Crippen LogP contribution in [0.1, 0.15) is 10.4 Å². The van der Waals surface area contributed by atoms with Crippen LogP contribution < -0.4 is 15.8 Å². The van der Waals surface area contributed by atoms with Gasteiger partial charge in [0.1, 0.15) is 5.75 Å². The number of nitrogens with two attached hydrogens (primary N) is 1. The van der Waals surface area contributed by atoms with Gasteiger partial charge >= 0.3 is 6.09 Å². The van der Waals surface area contributed by atoms with E-state index in [9.17, 15) is 4.79 Å². The summed E-state index contributed by atoms with van der Waals surface area (Å²) in [6.07, 6.45) is -0.484. The lowest BCUT2D eigenvalue weighted by molar-refractivity contribution is 0.200. The number of thiophene rings is 1. The minimum absolute atomic E-state index is 0.318. The zero-order chi connectivity index (χ0) is 14.2. The Bertz CT molecular complexity index is 626. The molecule has 4 nitrogen and oxygen atoms in total. The van der Waals surface area contributed by atoms with Gasteiger partial charge in [-0.2, -0.15) is 0 Å². The van der Waals surface area contributed by atoms with Gasteiger partial charge in [-0.1, -0.05) is 30.0 Å². The molecule has 0 saturated heterocycles. The van der Waals surface area contributed by atoms with Crippen LogP contribution >= 0.6 is 11.3 Å². The van der Waals surface area contributed by atoms with E-state index in [1.54, 1.807) is 12.1 Å². The van der Waals surface area contributed by atoms with Gasteiger partial charge in [-0.05, 0) is 23.6 Å². The van der Waals surface area contributed by atoms with Gasteiger partial charge in [0.15, 0.2) is 0 Å². The molecule has 0 bridgehead atoms. The number of benzene rings is 1. The first-order valence-electron chi connectivity index (χ1n) is 6.05. The van der Waals surface area contributed by atoms with Gasteiger partial charge in [0, 0.05) is 10.4 Å². The molecular weight excluding hydrogens is 272 g/mol. The summed E-state index contributed by atoms with van der Waals surface area (Å²) in [5.41, 5.74) is 6.23. The number of hydrogen-bond acceptors (Lipinski definition) is 4. The third-order valence-electron chi connectivity index (χ3n) is 2.42. The normalized spacial score (nSPS) is 9.45. The van der Waals surface area contributed by atoms with Crippen LogP contribution in [-0.4, -0.2) is 12.6 Å². The van der Waals surface area contributed by atoms with Crippen molar-refractivity contribution in [2.24, 2.45) is 5.73 Å². The van der Waals surface area contributed by atoms with Gasteiger partial charge < -0.3 is 15.8 Å². The highest BCUT2D eigenvalue weighted by Gasteiger charge is 2.06. The molecule has 1 aromatic carbocycles. The van der Waals surface area contributed by atoms with E-state index in [4.69, 9.17) is 10.5 Å². The number of para-hydroxylation sites is 1. The molecule has 1 heterocycles. The van der Waals surface area contributed by atoms with Crippen molar-refractivity contribution in [1.82, 2.24) is 5.32 Å². The fourth-order valence-electron chi connectivity index (χ4n) is 1.52. The molecule has 1 amide bonds. The van der Waals surface area contributed by atoms with Crippen LogP contribution in [0, 0.1) is 11.8 Å². The second-order valence-corrected chi connectivity index (χ2v) is 4.82. The molecule has 0 unspecified atom stereocenters. The zero-order valence-electron chi connectivity index (χ0n) is 10.8. The Kier molecular flexibility index (Phi) is 5.18. The largest absolute Gasteiger partial charge is 0.412 e. The Morgan fingerprint density at radius 1 is 1.30 bits per heavy atom. The smallest absolute Gasteiger partial charge is 0.410 e. The molecular formula is C15H14N2O2S. The average Bonchev–Trinajstić information content (AvgIpc) is 2.91. The second kappa shape index (κ2) is 7.34. The number of rotatable bonds is 3. The zero-order valence-corrected chi connectivity index (χ0v) is 11.6. The number of amides is 1. The number of ether oxygens (including phenoxy) is 1. The summed E-state index contributed by atoms with van der Waals surface area (Å²) in [7, 11) is 0. The molecule has 0 fully saturated rings. The second-order valence-electron chi connectivity index (χ2n) is 3.82. The van der Waals surface area contributed by atoms with Crippen LogP contribution in [0.15, 0.2) is 41.8 Å². The molecule has 0 aliphatic heterocycles. The van der Waals surface area contributed by atoms with Crippen LogP contribution in [0.3, 0.4) is 0 Å². The first kappa shape index (κ1) is 14.1. The molecule has 2 aromatic rings. The van der Waals surface area contributed by atoms with Gasteiger partial charge in [-0.15, -0.1) is 11.3 Å². The molecule has 1 aromatic heterocycles. The number of nitrogens with one attached hydrogen (secondary N) is 1. The first-order valence-corrected chi connectivity index (χ1v) is 6.93. The van der Waals surface area contributed by atoms with Crippen molar-refractivity contribution < 1.29 is 9.53 Å². The van der Waals surface area contributed by atoms with Gasteiger partial charge in [0.25, 0.3) is 0 Å². The Balaban J connectivity index is 1.89. The Morgan fingerprint density at radius 2 is 2.10 bits per heavy atom. The fourth-order valence-corrected chi connectivity index (χ4v) is 2.29. The predicted octanol–water partition coefficient (Wildman–Crippen LogP) is 2.35. The van der Waals surface area contributed by atoms with Crippen LogP contribution in [-0.2, 0) is 6.54 Å². The highest BCUT2D eigenvalue weighted by molar-refractivity contribution is 7.10. The standard InChI is InChI=1S/C15H14N2O2S/c16-9-4-5-12-8-10-20-14(12)11-17-15(18)19-13-6-2-1-3-7-13/h1-3,6-8,10H,9,11,16H2,(H,17,18). The molecule has 5 heteroatoms. The maximum atomic E-state index is 11.6. The van der Waals surface area contributed by atoms with E-state index in [1.165, 1.54) is 11.3 Å². The fraction of sp³-hybridized carbons (Fsp3) is 0.133. The third-order valence-corrected chi connectivity index (χ3v) is 3.34. The van der Waals surface area contributed by atoms with Crippen molar-refractivity contribution >= 4 is 17.4 Å². The molecule has 0 atom stereocenters. The van der Waals surface area contributed by atoms with Gasteiger partial charge in [0.2, 0.25) is 0 Å². The molecule has 0 radical (unpaired) electrons. The summed E-state index contributed by atoms with van der Waals surface area (Å²) in [4.78, 5) is 12.6. The molecule has 20 heavy (non-hydrogen) atoms. The number of carbonyl (C=O) groups excluding carboxylic acids is 1. The maximum Gasteiger partial charge on any atom is 0.412 e. The van der Waals surface area contributed by atoms with E-state index in [1.807, 2.05) is 29.6 Å². The van der Waals surface area contributed by atoms with Gasteiger partial charge in [0.05, 0.1) is 13.1 Å². The van der Waals surface area contributed by atoms with Crippen molar-refractivity contribution in [3.63, 3.8) is 0 Å². The Hall–Kier alpha value is -2.29. The van der Waals surface area contributed by atoms with E-state index in [0.29, 0.717) is 18.8 Å². The van der Waals surface area contributed by atoms with Gasteiger partial charge in [-0.25, -0.2) is 4.79 Å². The molecule has 0 saturated carbocycles. The third kappa shape index (κ3) is 4.12. The maximum absolute atomic E-state index is 11.6. The van der Waals surface area contributed by atoms with E-state index in [0.717, 1.165) is 10.4 Å². The van der Waals surface area contributed by atoms with Crippen molar-refractivity contribution in [3.05, 3.63) is 52.2 Å². The van der Waals surface area contributed by atoms with Crippen LogP contribution in [0.4, 0.5) is 4.79 Å². The molecule has 0 spiro atoms. The van der Waals surface area contributed by atoms with E-state index in [-0.39, 0.29) is 0 Å². The summed E-state index contributed by atoms with van der Waals surface area (Å²) in [5, 5.41) is 4.63. The Labute approximate surface area is 121 Å². The molecule has 0 aliphatic rings. The van der Waals surface area contributed by atoms with Crippen molar-refractivity contribution in [1.29, 1.82) is 0 Å². The predicted molar refractivity (Wildman–Crippen MR) is 79.6 cm³/mol. The lowest BCUT2D eigenvalue weighted by Gasteiger charge is -2.05. The van der Waals surface area contributed by atoms with E-state index >= 15 is 0 Å². The summed E-state index contributed by atoms with van der Waals surface area (Å²) in [5.74, 6) is 6.28. The van der Waals surface area contributed by atoms with Crippen LogP contribution in [0.25, 0.3) is 0 Å². The first-order chi connectivity index (χ1) is 9.79. The highest BCUT2D eigenvalue weighted by Crippen LogP contribution is 2.15. The molecule has 102 valence electrons. The minimum Gasteiger partial charge on any atom is -0.410 e. The summed E-state index contributed by atoms with van der Waals surface area (Å²) < 4.78 is 5.13. The van der Waals surface area contributed by atoms with Gasteiger partial charge in [-0.3, -0.25) is 0 Å². The highest BCUT2D eigenvalue weighted by atomic mass is 32.1. The van der Waals surface area contributed by atoms with Crippen LogP contribution in [0.2, 0.25) is 0 Å². The molecule has 0 aliphatic carbocycles. The topological polar surface area (TPSA) is 64.3 Å². The quantitative estimate of drug-likeness (QED) is 0.851. The summed E-state index contributed by atoms with van der Waals surface area (Å²) in [6, 6.07) is 10.8. The average molecular weight is 286 g/mol. The van der Waals surface area contributed by atoms with E-state index < -0.39 is 6.09 Å². The monoisotopic (exact) mass is 286 g/mol.